The van der Waals surface area contributed by atoms with Gasteiger partial charge in [-0.3, -0.25) is 0 Å². The first-order chi connectivity index (χ1) is 13.3. The zero-order valence-electron chi connectivity index (χ0n) is 15.5. The van der Waals surface area contributed by atoms with E-state index in [4.69, 9.17) is 16.6 Å². The van der Waals surface area contributed by atoms with Crippen LogP contribution in [-0.4, -0.2) is 18.0 Å². The number of benzene rings is 2. The minimum atomic E-state index is -3.13. The molecule has 28 heavy (non-hydrogen) atoms. The lowest BCUT2D eigenvalue weighted by Gasteiger charge is -2.13. The van der Waals surface area contributed by atoms with Gasteiger partial charge in [0, 0.05) is 41.8 Å². The minimum absolute atomic E-state index is 0.152. The molecule has 0 radical (unpaired) electrons. The highest BCUT2D eigenvalue weighted by molar-refractivity contribution is 7.80. The van der Waals surface area contributed by atoms with Gasteiger partial charge in [0.2, 0.25) is 0 Å². The number of rotatable bonds is 8. The lowest BCUT2D eigenvalue weighted by Crippen LogP contribution is -2.25. The van der Waals surface area contributed by atoms with Gasteiger partial charge in [0.15, 0.2) is 0 Å². The average Bonchev–Trinajstić information content (AvgIpc) is 2.65. The Morgan fingerprint density at radius 3 is 2.57 bits per heavy atom. The molecule has 1 aromatic heterocycles. The van der Waals surface area contributed by atoms with E-state index in [0.717, 1.165) is 36.4 Å². The van der Waals surface area contributed by atoms with Crippen molar-refractivity contribution in [3.05, 3.63) is 81.7 Å². The number of fused-ring (bicyclic) bond motifs is 1. The second-order valence-electron chi connectivity index (χ2n) is 6.83. The Bertz CT molecular complexity index is 1030. The van der Waals surface area contributed by atoms with E-state index in [1.807, 2.05) is 18.2 Å². The molecule has 0 amide bonds. The molecule has 1 heterocycles. The first-order valence-electron chi connectivity index (χ1n) is 9.04. The fraction of sp³-hybridized carbons (Fsp3) is 0.273. The highest BCUT2D eigenvalue weighted by Crippen LogP contribution is 2.32. The molecule has 0 bridgehead atoms. The van der Waals surface area contributed by atoms with E-state index < -0.39 is 11.5 Å². The highest BCUT2D eigenvalue weighted by atomic mass is 32.1. The summed E-state index contributed by atoms with van der Waals surface area (Å²) in [6.45, 7) is 2.15. The summed E-state index contributed by atoms with van der Waals surface area (Å²) in [5.74, 6) is -3.13. The number of halogens is 2. The molecular formula is C22H21F2NO2S. The van der Waals surface area contributed by atoms with Crippen molar-refractivity contribution in [3.63, 3.8) is 0 Å². The summed E-state index contributed by atoms with van der Waals surface area (Å²) in [6, 6.07) is 15.9. The summed E-state index contributed by atoms with van der Waals surface area (Å²) >= 11 is 5.43. The standard InChI is InChI=1S/C22H21F2NO2S/c1-22(23,24)19-13-21(26)27-20-8-7-16(12-18(19)20)11-17(28)14-25-10-9-15-5-3-2-4-6-15/h2-8,12-13,25H,9-11,14H2,1H3. The predicted molar refractivity (Wildman–Crippen MR) is 111 cm³/mol. The summed E-state index contributed by atoms with van der Waals surface area (Å²) in [7, 11) is 0. The van der Waals surface area contributed by atoms with Gasteiger partial charge in [-0.05, 0) is 36.2 Å². The predicted octanol–water partition coefficient (Wildman–Crippen LogP) is 4.65. The maximum absolute atomic E-state index is 13.9. The maximum Gasteiger partial charge on any atom is 0.336 e. The smallest absolute Gasteiger partial charge is 0.336 e. The Morgan fingerprint density at radius 1 is 1.11 bits per heavy atom. The number of alkyl halides is 2. The van der Waals surface area contributed by atoms with Crippen molar-refractivity contribution in [2.24, 2.45) is 0 Å². The van der Waals surface area contributed by atoms with Crippen LogP contribution in [0, 0.1) is 0 Å². The van der Waals surface area contributed by atoms with Crippen molar-refractivity contribution in [2.75, 3.05) is 13.1 Å². The molecule has 6 heteroatoms. The van der Waals surface area contributed by atoms with E-state index in [1.165, 1.54) is 5.56 Å². The molecule has 3 aromatic rings. The van der Waals surface area contributed by atoms with Gasteiger partial charge in [-0.2, -0.15) is 0 Å². The molecule has 0 aliphatic rings. The molecule has 0 aliphatic carbocycles. The van der Waals surface area contributed by atoms with Crippen molar-refractivity contribution in [1.82, 2.24) is 5.32 Å². The third kappa shape index (κ3) is 5.30. The molecule has 146 valence electrons. The number of nitrogens with one attached hydrogen (secondary N) is 1. The third-order valence-corrected chi connectivity index (χ3v) is 4.73. The highest BCUT2D eigenvalue weighted by Gasteiger charge is 2.28. The zero-order chi connectivity index (χ0) is 20.1. The van der Waals surface area contributed by atoms with Gasteiger partial charge < -0.3 is 9.73 Å². The Balaban J connectivity index is 1.64. The lowest BCUT2D eigenvalue weighted by molar-refractivity contribution is 0.0186. The number of hydrogen-bond acceptors (Lipinski definition) is 4. The lowest BCUT2D eigenvalue weighted by atomic mass is 10.0. The van der Waals surface area contributed by atoms with Crippen LogP contribution in [0.2, 0.25) is 0 Å². The summed E-state index contributed by atoms with van der Waals surface area (Å²) in [6.07, 6.45) is 1.39. The van der Waals surface area contributed by atoms with E-state index in [1.54, 1.807) is 18.2 Å². The Morgan fingerprint density at radius 2 is 1.86 bits per heavy atom. The molecule has 3 nitrogen and oxygen atoms in total. The van der Waals surface area contributed by atoms with Crippen molar-refractivity contribution in [2.45, 2.75) is 25.7 Å². The normalized spacial score (nSPS) is 11.7. The van der Waals surface area contributed by atoms with Crippen LogP contribution in [0.5, 0.6) is 0 Å². The summed E-state index contributed by atoms with van der Waals surface area (Å²) in [5.41, 5.74) is 1.11. The fourth-order valence-corrected chi connectivity index (χ4v) is 3.35. The van der Waals surface area contributed by atoms with Crippen LogP contribution in [0.25, 0.3) is 11.0 Å². The Labute approximate surface area is 167 Å². The van der Waals surface area contributed by atoms with Gasteiger partial charge in [0.05, 0.1) is 0 Å². The molecule has 0 saturated heterocycles. The summed E-state index contributed by atoms with van der Waals surface area (Å²) in [5, 5.41) is 3.55. The second-order valence-corrected chi connectivity index (χ2v) is 7.40. The SMILES string of the molecule is CC(F)(F)c1cc(=O)oc2ccc(CC(=S)CNCCc3ccccc3)cc12. The summed E-state index contributed by atoms with van der Waals surface area (Å²) < 4.78 is 32.8. The first kappa shape index (κ1) is 20.3. The van der Waals surface area contributed by atoms with Gasteiger partial charge in [0.1, 0.15) is 5.58 Å². The van der Waals surface area contributed by atoms with Gasteiger partial charge in [-0.15, -0.1) is 0 Å². The molecule has 0 atom stereocenters. The largest absolute Gasteiger partial charge is 0.423 e. The quantitative estimate of drug-likeness (QED) is 0.339. The number of hydrogen-bond donors (Lipinski definition) is 1. The van der Waals surface area contributed by atoms with Crippen LogP contribution in [0.3, 0.4) is 0 Å². The number of thiocarbonyl (C=S) groups is 1. The average molecular weight is 401 g/mol. The van der Waals surface area contributed by atoms with Crippen molar-refractivity contribution < 1.29 is 13.2 Å². The van der Waals surface area contributed by atoms with Crippen molar-refractivity contribution >= 4 is 28.1 Å². The van der Waals surface area contributed by atoms with E-state index in [2.05, 4.69) is 17.4 Å². The molecular weight excluding hydrogens is 380 g/mol. The topological polar surface area (TPSA) is 42.2 Å². The van der Waals surface area contributed by atoms with Crippen molar-refractivity contribution in [3.8, 4) is 0 Å². The first-order valence-corrected chi connectivity index (χ1v) is 9.45. The maximum atomic E-state index is 13.9. The van der Waals surface area contributed by atoms with E-state index in [-0.39, 0.29) is 16.5 Å². The van der Waals surface area contributed by atoms with Crippen LogP contribution in [0.1, 0.15) is 23.6 Å². The fourth-order valence-electron chi connectivity index (χ4n) is 3.08. The zero-order valence-corrected chi connectivity index (χ0v) is 16.3. The Hall–Kier alpha value is -2.44. The minimum Gasteiger partial charge on any atom is -0.423 e. The van der Waals surface area contributed by atoms with E-state index >= 15 is 0 Å². The summed E-state index contributed by atoms with van der Waals surface area (Å²) in [4.78, 5) is 12.3. The molecule has 3 rings (SSSR count). The van der Waals surface area contributed by atoms with E-state index in [9.17, 15) is 13.6 Å². The molecule has 0 fully saturated rings. The van der Waals surface area contributed by atoms with Crippen molar-refractivity contribution in [1.29, 1.82) is 0 Å². The van der Waals surface area contributed by atoms with Crippen LogP contribution in [0.4, 0.5) is 8.78 Å². The molecule has 0 spiro atoms. The van der Waals surface area contributed by atoms with Gasteiger partial charge in [-0.1, -0.05) is 48.6 Å². The molecule has 0 saturated carbocycles. The van der Waals surface area contributed by atoms with Gasteiger partial charge in [0.25, 0.3) is 5.92 Å². The Kier molecular flexibility index (Phi) is 6.31. The van der Waals surface area contributed by atoms with E-state index in [0.29, 0.717) is 13.0 Å². The van der Waals surface area contributed by atoms with Crippen LogP contribution in [0.15, 0.2) is 63.8 Å². The molecule has 2 aromatic carbocycles. The molecule has 1 N–H and O–H groups in total. The van der Waals surface area contributed by atoms with Crippen LogP contribution >= 0.6 is 12.2 Å². The van der Waals surface area contributed by atoms with Crippen LogP contribution in [-0.2, 0) is 18.8 Å². The second kappa shape index (κ2) is 8.71. The molecule has 0 aliphatic heterocycles. The third-order valence-electron chi connectivity index (χ3n) is 4.44. The molecule has 0 unspecified atom stereocenters. The van der Waals surface area contributed by atoms with Gasteiger partial charge >= 0.3 is 5.63 Å². The monoisotopic (exact) mass is 401 g/mol. The van der Waals surface area contributed by atoms with Crippen LogP contribution < -0.4 is 10.9 Å². The van der Waals surface area contributed by atoms with Gasteiger partial charge in [-0.25, -0.2) is 13.6 Å².